The molecule has 0 aliphatic rings. The summed E-state index contributed by atoms with van der Waals surface area (Å²) in [4.78, 5) is 0. The molecule has 0 unspecified atom stereocenters. The third kappa shape index (κ3) is 2.85. The zero-order valence-electron chi connectivity index (χ0n) is 4.58. The van der Waals surface area contributed by atoms with Crippen LogP contribution in [0.5, 0.6) is 0 Å². The topological polar surface area (TPSA) is 43.4 Å². The minimum absolute atomic E-state index is 0. The fraction of sp³-hybridized carbons (Fsp3) is 1.00. The van der Waals surface area contributed by atoms with Crippen LogP contribution in [0.25, 0.3) is 0 Å². The molecule has 0 saturated heterocycles. The van der Waals surface area contributed by atoms with E-state index in [9.17, 15) is 21.6 Å². The van der Waals surface area contributed by atoms with Crippen molar-refractivity contribution in [3.63, 3.8) is 0 Å². The van der Waals surface area contributed by atoms with Crippen LogP contribution in [0.1, 0.15) is 0 Å². The fourth-order valence-electron chi connectivity index (χ4n) is 0.0945. The predicted molar refractivity (Wildman–Crippen MR) is 22.0 cm³/mol. The van der Waals surface area contributed by atoms with Gasteiger partial charge in [0.15, 0.2) is 0 Å². The predicted octanol–water partition coefficient (Wildman–Crippen LogP) is 0.480. The molecule has 0 aromatic rings. The standard InChI is InChI=1S/C2H3F3O3S.Ni/c1-8-9(6,7)2(3,4)5;/h1H3;. The smallest absolute Gasteiger partial charge is 0.267 e. The van der Waals surface area contributed by atoms with E-state index < -0.39 is 15.6 Å². The molecule has 0 amide bonds. The molecule has 0 aromatic carbocycles. The Morgan fingerprint density at radius 1 is 1.30 bits per heavy atom. The van der Waals surface area contributed by atoms with Crippen molar-refractivity contribution in [2.24, 2.45) is 0 Å². The Hall–Kier alpha value is 0.194. The molecular weight excluding hydrogens is 220 g/mol. The van der Waals surface area contributed by atoms with Gasteiger partial charge in [0, 0.05) is 16.5 Å². The molecule has 3 nitrogen and oxygen atoms in total. The first kappa shape index (κ1) is 12.8. The van der Waals surface area contributed by atoms with E-state index in [0.29, 0.717) is 7.11 Å². The second kappa shape index (κ2) is 3.55. The van der Waals surface area contributed by atoms with Crippen LogP contribution in [0.2, 0.25) is 0 Å². The van der Waals surface area contributed by atoms with Gasteiger partial charge in [0.2, 0.25) is 0 Å². The van der Waals surface area contributed by atoms with Crippen molar-refractivity contribution in [3.05, 3.63) is 0 Å². The van der Waals surface area contributed by atoms with Crippen molar-refractivity contribution in [2.75, 3.05) is 7.11 Å². The molecule has 0 atom stereocenters. The third-order valence-electron chi connectivity index (χ3n) is 0.503. The van der Waals surface area contributed by atoms with Gasteiger partial charge in [-0.25, -0.2) is 0 Å². The van der Waals surface area contributed by atoms with Gasteiger partial charge in [-0.15, -0.1) is 0 Å². The zero-order valence-corrected chi connectivity index (χ0v) is 6.39. The summed E-state index contributed by atoms with van der Waals surface area (Å²) in [6.45, 7) is 0. The Balaban J connectivity index is 0. The van der Waals surface area contributed by atoms with E-state index in [-0.39, 0.29) is 16.5 Å². The monoisotopic (exact) mass is 222 g/mol. The first-order valence-corrected chi connectivity index (χ1v) is 3.09. The van der Waals surface area contributed by atoms with Crippen LogP contribution in [0.15, 0.2) is 0 Å². The molecule has 0 rings (SSSR count). The van der Waals surface area contributed by atoms with Gasteiger partial charge in [0.05, 0.1) is 7.11 Å². The van der Waals surface area contributed by atoms with E-state index in [1.165, 1.54) is 0 Å². The van der Waals surface area contributed by atoms with E-state index in [2.05, 4.69) is 4.18 Å². The van der Waals surface area contributed by atoms with E-state index in [0.717, 1.165) is 0 Å². The summed E-state index contributed by atoms with van der Waals surface area (Å²) < 4.78 is 55.9. The van der Waals surface area contributed by atoms with E-state index >= 15 is 0 Å². The average Bonchev–Trinajstić information content (AvgIpc) is 1.64. The molecule has 0 heterocycles. The summed E-state index contributed by atoms with van der Waals surface area (Å²) in [6.07, 6.45) is 0. The van der Waals surface area contributed by atoms with Gasteiger partial charge in [-0.05, 0) is 0 Å². The van der Waals surface area contributed by atoms with Crippen LogP contribution < -0.4 is 0 Å². The zero-order chi connectivity index (χ0) is 7.71. The number of rotatable bonds is 1. The van der Waals surface area contributed by atoms with E-state index in [1.807, 2.05) is 0 Å². The summed E-state index contributed by atoms with van der Waals surface area (Å²) in [6, 6.07) is 0. The first-order chi connectivity index (χ1) is 3.81. The normalized spacial score (nSPS) is 12.4. The summed E-state index contributed by atoms with van der Waals surface area (Å²) in [5.74, 6) is 0. The molecule has 66 valence electrons. The quantitative estimate of drug-likeness (QED) is 0.368. The second-order valence-corrected chi connectivity index (χ2v) is 2.77. The molecule has 10 heavy (non-hydrogen) atoms. The SMILES string of the molecule is COS(=O)(=O)C(F)(F)F.[Ni]. The Kier molecular flexibility index (Phi) is 4.55. The minimum Gasteiger partial charge on any atom is -0.267 e. The largest absolute Gasteiger partial charge is 0.523 e. The fourth-order valence-corrected chi connectivity index (χ4v) is 0.283. The van der Waals surface area contributed by atoms with Crippen molar-refractivity contribution < 1.29 is 42.3 Å². The number of hydrogen-bond donors (Lipinski definition) is 0. The van der Waals surface area contributed by atoms with Gasteiger partial charge in [-0.1, -0.05) is 0 Å². The molecule has 0 aliphatic carbocycles. The molecule has 0 saturated carbocycles. The van der Waals surface area contributed by atoms with Gasteiger partial charge in [-0.2, -0.15) is 21.6 Å². The first-order valence-electron chi connectivity index (χ1n) is 1.68. The maximum atomic E-state index is 11.1. The van der Waals surface area contributed by atoms with Crippen LogP contribution in [0, 0.1) is 0 Å². The molecular formula is C2H3F3NiO3S. The second-order valence-electron chi connectivity index (χ2n) is 1.07. The van der Waals surface area contributed by atoms with Crippen LogP contribution in [-0.2, 0) is 30.8 Å². The van der Waals surface area contributed by atoms with Gasteiger partial charge in [0.1, 0.15) is 0 Å². The summed E-state index contributed by atoms with van der Waals surface area (Å²) >= 11 is 0. The molecule has 0 aromatic heterocycles. The van der Waals surface area contributed by atoms with Crippen LogP contribution in [0.4, 0.5) is 13.2 Å². The summed E-state index contributed by atoms with van der Waals surface area (Å²) in [7, 11) is -4.89. The molecule has 0 fully saturated rings. The number of halogens is 3. The van der Waals surface area contributed by atoms with Crippen molar-refractivity contribution in [2.45, 2.75) is 5.51 Å². The van der Waals surface area contributed by atoms with Gasteiger partial charge < -0.3 is 0 Å². The molecule has 0 N–H and O–H groups in total. The Morgan fingerprint density at radius 2 is 1.60 bits per heavy atom. The van der Waals surface area contributed by atoms with Crippen molar-refractivity contribution in [1.29, 1.82) is 0 Å². The van der Waals surface area contributed by atoms with Crippen molar-refractivity contribution in [1.82, 2.24) is 0 Å². The maximum Gasteiger partial charge on any atom is 0.523 e. The molecule has 0 spiro atoms. The van der Waals surface area contributed by atoms with Crippen LogP contribution in [0.3, 0.4) is 0 Å². The molecule has 0 aliphatic heterocycles. The van der Waals surface area contributed by atoms with Gasteiger partial charge >= 0.3 is 15.6 Å². The van der Waals surface area contributed by atoms with Crippen LogP contribution >= 0.6 is 0 Å². The minimum atomic E-state index is -5.34. The Morgan fingerprint density at radius 3 is 1.60 bits per heavy atom. The van der Waals surface area contributed by atoms with Crippen molar-refractivity contribution in [3.8, 4) is 0 Å². The summed E-state index contributed by atoms with van der Waals surface area (Å²) in [5, 5.41) is 0. The molecule has 0 bridgehead atoms. The van der Waals surface area contributed by atoms with E-state index in [1.54, 1.807) is 0 Å². The van der Waals surface area contributed by atoms with Crippen molar-refractivity contribution >= 4 is 10.1 Å². The van der Waals surface area contributed by atoms with Crippen LogP contribution in [-0.4, -0.2) is 21.0 Å². The van der Waals surface area contributed by atoms with Gasteiger partial charge in [-0.3, -0.25) is 4.18 Å². The molecule has 8 heteroatoms. The Bertz CT molecular complexity index is 182. The third-order valence-corrected chi connectivity index (χ3v) is 1.51. The van der Waals surface area contributed by atoms with E-state index in [4.69, 9.17) is 0 Å². The molecule has 0 radical (unpaired) electrons. The number of alkyl halides is 3. The number of hydrogen-bond acceptors (Lipinski definition) is 3. The maximum absolute atomic E-state index is 11.1. The summed E-state index contributed by atoms with van der Waals surface area (Å²) in [5.41, 5.74) is -5.30. The Labute approximate surface area is 65.6 Å². The average molecular weight is 223 g/mol. The van der Waals surface area contributed by atoms with Gasteiger partial charge in [0.25, 0.3) is 0 Å².